The first-order valence-electron chi connectivity index (χ1n) is 8.75. The van der Waals surface area contributed by atoms with Gasteiger partial charge in [0.15, 0.2) is 0 Å². The number of carbonyl (C=O) groups is 2. The summed E-state index contributed by atoms with van der Waals surface area (Å²) < 4.78 is 11.3. The first kappa shape index (κ1) is 17.5. The summed E-state index contributed by atoms with van der Waals surface area (Å²) in [6.45, 7) is 2.22. The molecule has 0 bridgehead atoms. The molecule has 0 radical (unpaired) electrons. The Kier molecular flexibility index (Phi) is 5.75. The summed E-state index contributed by atoms with van der Waals surface area (Å²) in [4.78, 5) is 25.0. The van der Waals surface area contributed by atoms with Crippen molar-refractivity contribution in [2.75, 3.05) is 31.6 Å². The van der Waals surface area contributed by atoms with Crippen molar-refractivity contribution < 1.29 is 24.2 Å². The molecule has 0 aliphatic carbocycles. The van der Waals surface area contributed by atoms with Gasteiger partial charge in [-0.25, -0.2) is 4.79 Å². The summed E-state index contributed by atoms with van der Waals surface area (Å²) in [7, 11) is 0. The van der Waals surface area contributed by atoms with Crippen LogP contribution >= 0.6 is 0 Å². The van der Waals surface area contributed by atoms with Gasteiger partial charge in [0.25, 0.3) is 0 Å². The van der Waals surface area contributed by atoms with Crippen LogP contribution in [0.3, 0.4) is 0 Å². The van der Waals surface area contributed by atoms with E-state index in [-0.39, 0.29) is 18.1 Å². The molecule has 1 aromatic rings. The lowest BCUT2D eigenvalue weighted by Crippen LogP contribution is -2.42. The third-order valence-electron chi connectivity index (χ3n) is 4.68. The van der Waals surface area contributed by atoms with Crippen LogP contribution in [0.15, 0.2) is 24.3 Å². The fourth-order valence-corrected chi connectivity index (χ4v) is 3.16. The molecule has 2 N–H and O–H groups in total. The van der Waals surface area contributed by atoms with E-state index < -0.39 is 5.97 Å². The summed E-state index contributed by atoms with van der Waals surface area (Å²) in [5.41, 5.74) is 0.662. The summed E-state index contributed by atoms with van der Waals surface area (Å²) >= 11 is 0. The number of nitrogens with one attached hydrogen (secondary N) is 1. The number of nitrogens with zero attached hydrogens (tertiary/aromatic N) is 1. The van der Waals surface area contributed by atoms with Gasteiger partial charge >= 0.3 is 12.0 Å². The highest BCUT2D eigenvalue weighted by Crippen LogP contribution is 2.21. The molecule has 1 unspecified atom stereocenters. The van der Waals surface area contributed by atoms with Gasteiger partial charge in [-0.3, -0.25) is 4.79 Å². The second-order valence-corrected chi connectivity index (χ2v) is 6.50. The van der Waals surface area contributed by atoms with Gasteiger partial charge in [0.1, 0.15) is 12.4 Å². The number of rotatable bonds is 5. The summed E-state index contributed by atoms with van der Waals surface area (Å²) in [5.74, 6) is -0.437. The molecule has 2 heterocycles. The molecule has 1 atom stereocenters. The topological polar surface area (TPSA) is 88.1 Å². The van der Waals surface area contributed by atoms with Crippen LogP contribution in [0.25, 0.3) is 0 Å². The largest absolute Gasteiger partial charge is 0.491 e. The SMILES string of the molecule is O=C(O)C1CCN(C(=O)Nc2cccc(OCC3CCCO3)c2)CC1. The Morgan fingerprint density at radius 1 is 1.28 bits per heavy atom. The minimum Gasteiger partial charge on any atom is -0.491 e. The van der Waals surface area contributed by atoms with Crippen LogP contribution in [-0.2, 0) is 9.53 Å². The van der Waals surface area contributed by atoms with Crippen molar-refractivity contribution >= 4 is 17.7 Å². The zero-order chi connectivity index (χ0) is 17.6. The Morgan fingerprint density at radius 3 is 2.76 bits per heavy atom. The molecule has 0 aromatic heterocycles. The van der Waals surface area contributed by atoms with Gasteiger partial charge in [0.2, 0.25) is 0 Å². The van der Waals surface area contributed by atoms with Crippen molar-refractivity contribution in [3.8, 4) is 5.75 Å². The van der Waals surface area contributed by atoms with Gasteiger partial charge in [0, 0.05) is 31.5 Å². The minimum atomic E-state index is -0.781. The minimum absolute atomic E-state index is 0.147. The fourth-order valence-electron chi connectivity index (χ4n) is 3.16. The van der Waals surface area contributed by atoms with E-state index in [4.69, 9.17) is 14.6 Å². The highest BCUT2D eigenvalue weighted by atomic mass is 16.5. The van der Waals surface area contributed by atoms with E-state index in [1.54, 1.807) is 17.0 Å². The zero-order valence-electron chi connectivity index (χ0n) is 14.1. The van der Waals surface area contributed by atoms with E-state index in [0.717, 1.165) is 19.4 Å². The number of hydrogen-bond acceptors (Lipinski definition) is 4. The van der Waals surface area contributed by atoms with E-state index in [1.165, 1.54) is 0 Å². The molecule has 2 fully saturated rings. The van der Waals surface area contributed by atoms with E-state index in [1.807, 2.05) is 12.1 Å². The van der Waals surface area contributed by atoms with Crippen molar-refractivity contribution in [2.45, 2.75) is 31.8 Å². The molecular formula is C18H24N2O5. The maximum Gasteiger partial charge on any atom is 0.321 e. The predicted molar refractivity (Wildman–Crippen MR) is 91.9 cm³/mol. The van der Waals surface area contributed by atoms with Gasteiger partial charge < -0.3 is 24.8 Å². The van der Waals surface area contributed by atoms with E-state index in [0.29, 0.717) is 44.0 Å². The van der Waals surface area contributed by atoms with Gasteiger partial charge in [0.05, 0.1) is 12.0 Å². The van der Waals surface area contributed by atoms with Crippen LogP contribution in [-0.4, -0.2) is 54.4 Å². The van der Waals surface area contributed by atoms with Gasteiger partial charge in [-0.2, -0.15) is 0 Å². The lowest BCUT2D eigenvalue weighted by molar-refractivity contribution is -0.143. The number of likely N-dealkylation sites (tertiary alicyclic amines) is 1. The van der Waals surface area contributed by atoms with E-state index in [2.05, 4.69) is 5.32 Å². The average Bonchev–Trinajstić information content (AvgIpc) is 3.14. The van der Waals surface area contributed by atoms with Crippen molar-refractivity contribution in [1.82, 2.24) is 4.90 Å². The first-order chi connectivity index (χ1) is 12.1. The standard InChI is InChI=1S/C18H24N2O5/c21-17(22)13-6-8-20(9-7-13)18(23)19-14-3-1-4-15(11-14)25-12-16-5-2-10-24-16/h1,3-4,11,13,16H,2,5-10,12H2,(H,19,23)(H,21,22). The molecule has 3 rings (SSSR count). The van der Waals surface area contributed by atoms with E-state index >= 15 is 0 Å². The molecule has 2 aliphatic heterocycles. The molecule has 7 heteroatoms. The van der Waals surface area contributed by atoms with Crippen LogP contribution in [0.4, 0.5) is 10.5 Å². The quantitative estimate of drug-likeness (QED) is 0.854. The van der Waals surface area contributed by atoms with Gasteiger partial charge in [-0.15, -0.1) is 0 Å². The molecule has 1 aromatic carbocycles. The molecular weight excluding hydrogens is 324 g/mol. The summed E-state index contributed by atoms with van der Waals surface area (Å²) in [5, 5.41) is 11.9. The molecule has 0 spiro atoms. The van der Waals surface area contributed by atoms with Crippen molar-refractivity contribution in [3.63, 3.8) is 0 Å². The number of benzene rings is 1. The Balaban J connectivity index is 1.49. The predicted octanol–water partition coefficient (Wildman–Crippen LogP) is 2.57. The maximum absolute atomic E-state index is 12.3. The van der Waals surface area contributed by atoms with Crippen molar-refractivity contribution in [1.29, 1.82) is 0 Å². The Hall–Kier alpha value is -2.28. The Labute approximate surface area is 146 Å². The maximum atomic E-state index is 12.3. The molecule has 0 saturated carbocycles. The van der Waals surface area contributed by atoms with Crippen LogP contribution < -0.4 is 10.1 Å². The lowest BCUT2D eigenvalue weighted by Gasteiger charge is -2.30. The van der Waals surface area contributed by atoms with Crippen LogP contribution in [0, 0.1) is 5.92 Å². The Morgan fingerprint density at radius 2 is 2.08 bits per heavy atom. The monoisotopic (exact) mass is 348 g/mol. The summed E-state index contributed by atoms with van der Waals surface area (Å²) in [6, 6.07) is 7.07. The fraction of sp³-hybridized carbons (Fsp3) is 0.556. The van der Waals surface area contributed by atoms with Crippen LogP contribution in [0.2, 0.25) is 0 Å². The molecule has 2 amide bonds. The number of carbonyl (C=O) groups excluding carboxylic acids is 1. The van der Waals surface area contributed by atoms with Crippen LogP contribution in [0.5, 0.6) is 5.75 Å². The van der Waals surface area contributed by atoms with E-state index in [9.17, 15) is 9.59 Å². The highest BCUT2D eigenvalue weighted by Gasteiger charge is 2.27. The average molecular weight is 348 g/mol. The number of ether oxygens (including phenoxy) is 2. The normalized spacial score (nSPS) is 21.1. The molecule has 2 saturated heterocycles. The second kappa shape index (κ2) is 8.20. The molecule has 7 nitrogen and oxygen atoms in total. The summed E-state index contributed by atoms with van der Waals surface area (Å²) in [6.07, 6.45) is 3.22. The number of amides is 2. The lowest BCUT2D eigenvalue weighted by atomic mass is 9.97. The smallest absolute Gasteiger partial charge is 0.321 e. The number of urea groups is 1. The van der Waals surface area contributed by atoms with Crippen molar-refractivity contribution in [3.05, 3.63) is 24.3 Å². The number of carboxylic acid groups (broad SMARTS) is 1. The van der Waals surface area contributed by atoms with Gasteiger partial charge in [-0.05, 0) is 37.8 Å². The van der Waals surface area contributed by atoms with Crippen molar-refractivity contribution in [2.24, 2.45) is 5.92 Å². The highest BCUT2D eigenvalue weighted by molar-refractivity contribution is 5.89. The number of carboxylic acids is 1. The molecule has 136 valence electrons. The number of piperidine rings is 1. The molecule has 25 heavy (non-hydrogen) atoms. The van der Waals surface area contributed by atoms with Gasteiger partial charge in [-0.1, -0.05) is 6.07 Å². The second-order valence-electron chi connectivity index (χ2n) is 6.50. The third-order valence-corrected chi connectivity index (χ3v) is 4.68. The first-order valence-corrected chi connectivity index (χ1v) is 8.75. The van der Waals surface area contributed by atoms with Crippen LogP contribution in [0.1, 0.15) is 25.7 Å². The number of hydrogen-bond donors (Lipinski definition) is 2. The Bertz CT molecular complexity index is 607. The zero-order valence-corrected chi connectivity index (χ0v) is 14.1. The number of anilines is 1. The molecule has 2 aliphatic rings. The third kappa shape index (κ3) is 4.85. The number of aliphatic carboxylic acids is 1.